The number of thioether (sulfide) groups is 1. The maximum atomic E-state index is 12.4. The number of nitrogens with one attached hydrogen (secondary N) is 1. The first-order valence-corrected chi connectivity index (χ1v) is 11.5. The number of nitrogens with zero attached hydrogens (tertiary/aromatic N) is 4. The second-order valence-corrected chi connectivity index (χ2v) is 8.58. The summed E-state index contributed by atoms with van der Waals surface area (Å²) in [6.07, 6.45) is 1.74. The number of carbonyl (C=O) groups excluding carboxylic acids is 2. The van der Waals surface area contributed by atoms with E-state index in [-0.39, 0.29) is 18.3 Å². The van der Waals surface area contributed by atoms with E-state index in [0.717, 1.165) is 16.9 Å². The number of halogens is 1. The van der Waals surface area contributed by atoms with Gasteiger partial charge >= 0.3 is 5.97 Å². The van der Waals surface area contributed by atoms with Crippen molar-refractivity contribution in [2.45, 2.75) is 25.5 Å². The summed E-state index contributed by atoms with van der Waals surface area (Å²) in [4.78, 5) is 28.9. The Morgan fingerprint density at radius 3 is 2.74 bits per heavy atom. The molecular formula is C20H20ClN5O3S2. The highest BCUT2D eigenvalue weighted by Crippen LogP contribution is 2.26. The van der Waals surface area contributed by atoms with Gasteiger partial charge in [0.1, 0.15) is 4.88 Å². The van der Waals surface area contributed by atoms with Crippen LogP contribution in [0.4, 0.5) is 5.13 Å². The zero-order chi connectivity index (χ0) is 22.4. The van der Waals surface area contributed by atoms with Gasteiger partial charge < -0.3 is 10.1 Å². The molecule has 0 aliphatic carbocycles. The van der Waals surface area contributed by atoms with Crippen molar-refractivity contribution in [3.05, 3.63) is 52.5 Å². The molecule has 3 aromatic rings. The molecule has 2 aromatic heterocycles. The minimum Gasteiger partial charge on any atom is -0.462 e. The van der Waals surface area contributed by atoms with E-state index in [2.05, 4.69) is 27.1 Å². The Hall–Kier alpha value is -2.69. The number of allylic oxidation sites excluding steroid dienone is 1. The lowest BCUT2D eigenvalue weighted by atomic mass is 10.2. The van der Waals surface area contributed by atoms with Crippen LogP contribution in [0.5, 0.6) is 0 Å². The molecule has 2 heterocycles. The third-order valence-corrected chi connectivity index (χ3v) is 6.24. The number of benzene rings is 1. The highest BCUT2D eigenvalue weighted by atomic mass is 35.5. The molecule has 0 fully saturated rings. The molecule has 3 rings (SSSR count). The van der Waals surface area contributed by atoms with Gasteiger partial charge in [0.15, 0.2) is 16.1 Å². The molecule has 0 aliphatic heterocycles. The van der Waals surface area contributed by atoms with Gasteiger partial charge in [0.05, 0.1) is 18.1 Å². The highest BCUT2D eigenvalue weighted by molar-refractivity contribution is 7.99. The van der Waals surface area contributed by atoms with Crippen LogP contribution in [-0.2, 0) is 16.1 Å². The van der Waals surface area contributed by atoms with Crippen molar-refractivity contribution in [3.63, 3.8) is 0 Å². The fraction of sp³-hybridized carbons (Fsp3) is 0.250. The van der Waals surface area contributed by atoms with Crippen LogP contribution < -0.4 is 5.32 Å². The van der Waals surface area contributed by atoms with E-state index >= 15 is 0 Å². The Kier molecular flexibility index (Phi) is 7.83. The molecule has 0 atom stereocenters. The van der Waals surface area contributed by atoms with E-state index in [0.29, 0.717) is 38.3 Å². The third kappa shape index (κ3) is 5.72. The first-order chi connectivity index (χ1) is 14.9. The second kappa shape index (κ2) is 10.6. The molecule has 1 aromatic carbocycles. The van der Waals surface area contributed by atoms with Gasteiger partial charge in [0.25, 0.3) is 0 Å². The van der Waals surface area contributed by atoms with Crippen molar-refractivity contribution in [2.75, 3.05) is 17.7 Å². The molecule has 0 aliphatic rings. The fourth-order valence-corrected chi connectivity index (χ4v) is 4.37. The summed E-state index contributed by atoms with van der Waals surface area (Å²) in [5.41, 5.74) is 1.38. The van der Waals surface area contributed by atoms with Crippen LogP contribution >= 0.6 is 34.7 Å². The summed E-state index contributed by atoms with van der Waals surface area (Å²) in [5.74, 6) is 0.0487. The van der Waals surface area contributed by atoms with Gasteiger partial charge in [0, 0.05) is 17.1 Å². The molecule has 0 saturated carbocycles. The summed E-state index contributed by atoms with van der Waals surface area (Å²) in [6.45, 7) is 7.98. The zero-order valence-corrected chi connectivity index (χ0v) is 19.3. The van der Waals surface area contributed by atoms with Crippen molar-refractivity contribution in [1.29, 1.82) is 0 Å². The fourth-order valence-electron chi connectivity index (χ4n) is 2.62. The lowest BCUT2D eigenvalue weighted by molar-refractivity contribution is -0.113. The van der Waals surface area contributed by atoms with Crippen molar-refractivity contribution >= 4 is 51.7 Å². The Bertz CT molecular complexity index is 1090. The smallest absolute Gasteiger partial charge is 0.350 e. The first-order valence-electron chi connectivity index (χ1n) is 9.30. The van der Waals surface area contributed by atoms with Gasteiger partial charge in [-0.15, -0.1) is 16.8 Å². The van der Waals surface area contributed by atoms with Gasteiger partial charge in [0.2, 0.25) is 5.91 Å². The molecule has 0 spiro atoms. The normalized spacial score (nSPS) is 10.7. The Morgan fingerprint density at radius 1 is 1.32 bits per heavy atom. The Balaban J connectivity index is 1.68. The Morgan fingerprint density at radius 2 is 2.06 bits per heavy atom. The van der Waals surface area contributed by atoms with Gasteiger partial charge in [-0.25, -0.2) is 9.78 Å². The maximum absolute atomic E-state index is 12.4. The molecule has 1 amide bonds. The number of esters is 1. The largest absolute Gasteiger partial charge is 0.462 e. The van der Waals surface area contributed by atoms with E-state index in [4.69, 9.17) is 16.3 Å². The van der Waals surface area contributed by atoms with E-state index in [1.54, 1.807) is 32.1 Å². The number of ether oxygens (including phenoxy) is 1. The minimum atomic E-state index is -0.445. The van der Waals surface area contributed by atoms with Crippen LogP contribution in [0.2, 0.25) is 5.02 Å². The Labute approximate surface area is 192 Å². The topological polar surface area (TPSA) is 99.0 Å². The SMILES string of the molecule is C=CCn1c(SCC(=O)Nc2nc(C)c(C(=O)OCC)s2)nnc1-c1ccc(Cl)cc1. The van der Waals surface area contributed by atoms with E-state index < -0.39 is 5.97 Å². The molecule has 0 bridgehead atoms. The number of aryl methyl sites for hydroxylation is 1. The van der Waals surface area contributed by atoms with E-state index in [1.807, 2.05) is 16.7 Å². The molecule has 0 radical (unpaired) electrons. The predicted molar refractivity (Wildman–Crippen MR) is 123 cm³/mol. The van der Waals surface area contributed by atoms with E-state index in [9.17, 15) is 9.59 Å². The first kappa shape index (κ1) is 23.0. The third-order valence-electron chi connectivity index (χ3n) is 3.97. The van der Waals surface area contributed by atoms with Crippen LogP contribution in [-0.4, -0.2) is 44.0 Å². The van der Waals surface area contributed by atoms with Crippen LogP contribution in [0.15, 0.2) is 42.1 Å². The molecule has 1 N–H and O–H groups in total. The van der Waals surface area contributed by atoms with Gasteiger partial charge in [-0.05, 0) is 38.1 Å². The average Bonchev–Trinajstić information content (AvgIpc) is 3.30. The highest BCUT2D eigenvalue weighted by Gasteiger charge is 2.19. The number of rotatable bonds is 9. The summed E-state index contributed by atoms with van der Waals surface area (Å²) in [5, 5.41) is 12.8. The van der Waals surface area contributed by atoms with Crippen LogP contribution in [0, 0.1) is 6.92 Å². The molecule has 8 nitrogen and oxygen atoms in total. The van der Waals surface area contributed by atoms with Crippen molar-refractivity contribution < 1.29 is 14.3 Å². The molecule has 0 unspecified atom stereocenters. The molecular weight excluding hydrogens is 458 g/mol. The quantitative estimate of drug-likeness (QED) is 0.276. The zero-order valence-electron chi connectivity index (χ0n) is 16.9. The number of amides is 1. The van der Waals surface area contributed by atoms with Gasteiger partial charge in [-0.3, -0.25) is 9.36 Å². The van der Waals surface area contributed by atoms with Gasteiger partial charge in [-0.2, -0.15) is 0 Å². The van der Waals surface area contributed by atoms with Crippen LogP contribution in [0.25, 0.3) is 11.4 Å². The number of carbonyl (C=O) groups is 2. The maximum Gasteiger partial charge on any atom is 0.350 e. The van der Waals surface area contributed by atoms with Crippen LogP contribution in [0.1, 0.15) is 22.3 Å². The van der Waals surface area contributed by atoms with Crippen molar-refractivity contribution in [3.8, 4) is 11.4 Å². The molecule has 0 saturated heterocycles. The second-order valence-electron chi connectivity index (χ2n) is 6.20. The number of hydrogen-bond donors (Lipinski definition) is 1. The monoisotopic (exact) mass is 477 g/mol. The minimum absolute atomic E-state index is 0.100. The molecule has 31 heavy (non-hydrogen) atoms. The summed E-state index contributed by atoms with van der Waals surface area (Å²) < 4.78 is 6.87. The summed E-state index contributed by atoms with van der Waals surface area (Å²) in [7, 11) is 0. The van der Waals surface area contributed by atoms with Gasteiger partial charge in [-0.1, -0.05) is 40.8 Å². The van der Waals surface area contributed by atoms with Crippen molar-refractivity contribution in [1.82, 2.24) is 19.7 Å². The lowest BCUT2D eigenvalue weighted by Crippen LogP contribution is -2.14. The predicted octanol–water partition coefficient (Wildman–Crippen LogP) is 4.46. The standard InChI is InChI=1S/C20H20ClN5O3S2/c1-4-10-26-17(13-6-8-14(21)9-7-13)24-25-20(26)30-11-15(27)23-19-22-12(3)16(31-19)18(28)29-5-2/h4,6-9H,1,5,10-11H2,2-3H3,(H,22,23,27). The van der Waals surface area contributed by atoms with Crippen LogP contribution in [0.3, 0.4) is 0 Å². The average molecular weight is 478 g/mol. The number of hydrogen-bond acceptors (Lipinski definition) is 8. The van der Waals surface area contributed by atoms with E-state index in [1.165, 1.54) is 11.8 Å². The number of anilines is 1. The lowest BCUT2D eigenvalue weighted by Gasteiger charge is -2.07. The molecule has 162 valence electrons. The summed E-state index contributed by atoms with van der Waals surface area (Å²) in [6, 6.07) is 7.29. The number of aromatic nitrogens is 4. The van der Waals surface area contributed by atoms with Crippen molar-refractivity contribution in [2.24, 2.45) is 0 Å². The summed E-state index contributed by atoms with van der Waals surface area (Å²) >= 11 is 8.30. The molecule has 11 heteroatoms. The number of thiazole rings is 1.